The van der Waals surface area contributed by atoms with Crippen LogP contribution in [0.2, 0.25) is 0 Å². The van der Waals surface area contributed by atoms with Crippen LogP contribution in [0.3, 0.4) is 0 Å². The highest BCUT2D eigenvalue weighted by Gasteiger charge is 2.08. The molecule has 2 aromatic rings. The van der Waals surface area contributed by atoms with Crippen molar-refractivity contribution in [3.8, 4) is 0 Å². The fourth-order valence-electron chi connectivity index (χ4n) is 1.81. The predicted octanol–water partition coefficient (Wildman–Crippen LogP) is 2.34. The molecule has 0 saturated carbocycles. The van der Waals surface area contributed by atoms with Crippen LogP contribution >= 0.6 is 15.9 Å². The fraction of sp³-hybridized carbons (Fsp3) is 0.286. The number of aromatic nitrogens is 2. The Morgan fingerprint density at radius 2 is 1.42 bits per heavy atom. The van der Waals surface area contributed by atoms with Crippen LogP contribution in [0.25, 0.3) is 0 Å². The van der Waals surface area contributed by atoms with Crippen LogP contribution in [0, 0.1) is 0 Å². The van der Waals surface area contributed by atoms with E-state index < -0.39 is 0 Å². The lowest BCUT2D eigenvalue weighted by Crippen LogP contribution is -2.43. The molecule has 5 heteroatoms. The topological polar surface area (TPSA) is 41.1 Å². The monoisotopic (exact) mass is 320 g/mol. The minimum Gasteiger partial charge on any atom is -0.369 e. The van der Waals surface area contributed by atoms with Gasteiger partial charge in [0.2, 0.25) is 0 Å². The highest BCUT2D eigenvalue weighted by Crippen LogP contribution is 2.11. The van der Waals surface area contributed by atoms with Crippen molar-refractivity contribution >= 4 is 21.6 Å². The first-order valence-corrected chi connectivity index (χ1v) is 7.07. The molecule has 0 unspecified atom stereocenters. The van der Waals surface area contributed by atoms with Crippen molar-refractivity contribution in [1.29, 1.82) is 0 Å². The van der Waals surface area contributed by atoms with Crippen LogP contribution in [0.1, 0.15) is 0 Å². The molecule has 0 aliphatic carbocycles. The van der Waals surface area contributed by atoms with Crippen LogP contribution in [0.4, 0.5) is 5.69 Å². The van der Waals surface area contributed by atoms with E-state index in [9.17, 15) is 0 Å². The minimum atomic E-state index is 1.07. The van der Waals surface area contributed by atoms with Crippen LogP contribution in [0.5, 0.6) is 0 Å². The van der Waals surface area contributed by atoms with Crippen LogP contribution in [0.15, 0.2) is 53.5 Å². The van der Waals surface area contributed by atoms with Crippen molar-refractivity contribution in [2.45, 2.75) is 0 Å². The van der Waals surface area contributed by atoms with Crippen LogP contribution < -0.4 is 10.2 Å². The second-order valence-corrected chi connectivity index (χ2v) is 5.02. The maximum absolute atomic E-state index is 4.00. The van der Waals surface area contributed by atoms with Gasteiger partial charge < -0.3 is 10.2 Å². The molecule has 0 bridgehead atoms. The molecule has 1 aliphatic rings. The zero-order chi connectivity index (χ0) is 13.3. The quantitative estimate of drug-likeness (QED) is 0.875. The van der Waals surface area contributed by atoms with Gasteiger partial charge in [0, 0.05) is 61.1 Å². The Kier molecular flexibility index (Phi) is 5.78. The highest BCUT2D eigenvalue weighted by molar-refractivity contribution is 9.10. The standard InChI is InChI=1S/C9H13N3.C5H4BrN/c1-3-10-4-2-9(1)12-7-5-11-6-8-12;6-5-1-3-7-4-2-5/h1-4,11H,5-8H2;1-4H. The third-order valence-corrected chi connectivity index (χ3v) is 3.31. The number of nitrogens with zero attached hydrogens (tertiary/aromatic N) is 3. The Hall–Kier alpha value is -1.46. The number of nitrogens with one attached hydrogen (secondary N) is 1. The third-order valence-electron chi connectivity index (χ3n) is 2.78. The van der Waals surface area contributed by atoms with Gasteiger partial charge in [0.05, 0.1) is 0 Å². The normalized spacial score (nSPS) is 14.5. The Labute approximate surface area is 122 Å². The van der Waals surface area contributed by atoms with Gasteiger partial charge in [-0.3, -0.25) is 9.97 Å². The smallest absolute Gasteiger partial charge is 0.0397 e. The number of hydrogen-bond donors (Lipinski definition) is 1. The number of hydrogen-bond acceptors (Lipinski definition) is 4. The number of piperazine rings is 1. The highest BCUT2D eigenvalue weighted by atomic mass is 79.9. The van der Waals surface area contributed by atoms with Gasteiger partial charge in [-0.25, -0.2) is 0 Å². The van der Waals surface area contributed by atoms with Crippen molar-refractivity contribution in [2.75, 3.05) is 31.1 Å². The van der Waals surface area contributed by atoms with E-state index in [1.165, 1.54) is 5.69 Å². The first-order valence-electron chi connectivity index (χ1n) is 6.27. The first kappa shape index (κ1) is 14.0. The lowest BCUT2D eigenvalue weighted by Gasteiger charge is -2.29. The summed E-state index contributed by atoms with van der Waals surface area (Å²) >= 11 is 3.27. The molecule has 0 amide bonds. The number of halogens is 1. The first-order chi connectivity index (χ1) is 9.36. The predicted molar refractivity (Wildman–Crippen MR) is 81.3 cm³/mol. The summed E-state index contributed by atoms with van der Waals surface area (Å²) in [5, 5.41) is 3.33. The average molecular weight is 321 g/mol. The third kappa shape index (κ3) is 4.96. The van der Waals surface area contributed by atoms with Crippen LogP contribution in [-0.4, -0.2) is 36.1 Å². The molecule has 1 saturated heterocycles. The van der Waals surface area contributed by atoms with E-state index in [4.69, 9.17) is 0 Å². The zero-order valence-electron chi connectivity index (χ0n) is 10.7. The largest absolute Gasteiger partial charge is 0.369 e. The Morgan fingerprint density at radius 1 is 0.895 bits per heavy atom. The van der Waals surface area contributed by atoms with Gasteiger partial charge >= 0.3 is 0 Å². The summed E-state index contributed by atoms with van der Waals surface area (Å²) in [4.78, 5) is 10.2. The van der Waals surface area contributed by atoms with Crippen molar-refractivity contribution in [1.82, 2.24) is 15.3 Å². The number of anilines is 1. The summed E-state index contributed by atoms with van der Waals surface area (Å²) in [5.41, 5.74) is 1.28. The summed E-state index contributed by atoms with van der Waals surface area (Å²) in [5.74, 6) is 0. The maximum Gasteiger partial charge on any atom is 0.0397 e. The molecule has 19 heavy (non-hydrogen) atoms. The summed E-state index contributed by atoms with van der Waals surface area (Å²) in [6.07, 6.45) is 7.17. The lowest BCUT2D eigenvalue weighted by atomic mass is 10.3. The summed E-state index contributed by atoms with van der Waals surface area (Å²) < 4.78 is 1.07. The molecule has 0 radical (unpaired) electrons. The van der Waals surface area contributed by atoms with Gasteiger partial charge in [0.1, 0.15) is 0 Å². The summed E-state index contributed by atoms with van der Waals surface area (Å²) in [7, 11) is 0. The van der Waals surface area contributed by atoms with E-state index in [0.29, 0.717) is 0 Å². The molecule has 3 heterocycles. The molecule has 0 atom stereocenters. The van der Waals surface area contributed by atoms with Gasteiger partial charge in [-0.1, -0.05) is 15.9 Å². The van der Waals surface area contributed by atoms with Gasteiger partial charge in [-0.15, -0.1) is 0 Å². The van der Waals surface area contributed by atoms with Gasteiger partial charge in [-0.2, -0.15) is 0 Å². The SMILES string of the molecule is Brc1ccncc1.c1cc(N2CCNCC2)ccn1. The molecule has 1 fully saturated rings. The van der Waals surface area contributed by atoms with Gasteiger partial charge in [0.25, 0.3) is 0 Å². The van der Waals surface area contributed by atoms with Crippen LogP contribution in [-0.2, 0) is 0 Å². The fourth-order valence-corrected chi connectivity index (χ4v) is 2.05. The van der Waals surface area contributed by atoms with Crippen molar-refractivity contribution in [3.05, 3.63) is 53.5 Å². The Bertz CT molecular complexity index is 457. The lowest BCUT2D eigenvalue weighted by molar-refractivity contribution is 0.589. The van der Waals surface area contributed by atoms with E-state index in [1.807, 2.05) is 24.5 Å². The van der Waals surface area contributed by atoms with E-state index in [0.717, 1.165) is 30.7 Å². The Balaban J connectivity index is 0.000000163. The van der Waals surface area contributed by atoms with Gasteiger partial charge in [-0.05, 0) is 24.3 Å². The molecule has 3 rings (SSSR count). The summed E-state index contributed by atoms with van der Waals surface area (Å²) in [6.45, 7) is 4.37. The number of pyridine rings is 2. The maximum atomic E-state index is 4.00. The molecule has 2 aromatic heterocycles. The number of rotatable bonds is 1. The molecule has 0 spiro atoms. The molecule has 4 nitrogen and oxygen atoms in total. The molecule has 1 N–H and O–H groups in total. The van der Waals surface area contributed by atoms with Gasteiger partial charge in [0.15, 0.2) is 0 Å². The van der Waals surface area contributed by atoms with E-state index in [2.05, 4.69) is 48.2 Å². The van der Waals surface area contributed by atoms with Crippen molar-refractivity contribution in [3.63, 3.8) is 0 Å². The molecule has 1 aliphatic heterocycles. The van der Waals surface area contributed by atoms with Crippen molar-refractivity contribution < 1.29 is 0 Å². The van der Waals surface area contributed by atoms with E-state index >= 15 is 0 Å². The Morgan fingerprint density at radius 3 is 1.89 bits per heavy atom. The molecular formula is C14H17BrN4. The second-order valence-electron chi connectivity index (χ2n) is 4.11. The molecular weight excluding hydrogens is 304 g/mol. The average Bonchev–Trinajstić information content (AvgIpc) is 2.51. The van der Waals surface area contributed by atoms with E-state index in [1.54, 1.807) is 12.4 Å². The van der Waals surface area contributed by atoms with Crippen molar-refractivity contribution in [2.24, 2.45) is 0 Å². The van der Waals surface area contributed by atoms with E-state index in [-0.39, 0.29) is 0 Å². The second kappa shape index (κ2) is 7.86. The summed E-state index contributed by atoms with van der Waals surface area (Å²) in [6, 6.07) is 7.90. The minimum absolute atomic E-state index is 1.07. The molecule has 0 aromatic carbocycles. The molecule has 100 valence electrons. The zero-order valence-corrected chi connectivity index (χ0v) is 12.3.